The third-order valence-electron chi connectivity index (χ3n) is 4.42. The molecule has 6 nitrogen and oxygen atoms in total. The summed E-state index contributed by atoms with van der Waals surface area (Å²) in [5.41, 5.74) is 2.63. The Morgan fingerprint density at radius 3 is 2.07 bits per heavy atom. The Morgan fingerprint density at radius 2 is 1.48 bits per heavy atom. The van der Waals surface area contributed by atoms with Crippen LogP contribution in [-0.4, -0.2) is 24.9 Å². The maximum atomic E-state index is 12.5. The Kier molecular flexibility index (Phi) is 6.04. The van der Waals surface area contributed by atoms with Gasteiger partial charge in [0.25, 0.3) is 5.69 Å². The summed E-state index contributed by atoms with van der Waals surface area (Å²) in [6.07, 6.45) is 2.72. The average Bonchev–Trinajstić information content (AvgIpc) is 2.77. The molecule has 6 heteroatoms. The summed E-state index contributed by atoms with van der Waals surface area (Å²) >= 11 is 0. The van der Waals surface area contributed by atoms with Crippen molar-refractivity contribution >= 4 is 17.5 Å². The number of allylic oxidation sites excluding steroid dienone is 1. The van der Waals surface area contributed by atoms with Crippen LogP contribution in [0.3, 0.4) is 0 Å². The zero-order chi connectivity index (χ0) is 20.8. The highest BCUT2D eigenvalue weighted by molar-refractivity contribution is 6.07. The minimum Gasteiger partial charge on any atom is -0.493 e. The maximum absolute atomic E-state index is 12.5. The number of nitro groups is 1. The quantitative estimate of drug-likeness (QED) is 0.241. The predicted octanol–water partition coefficient (Wildman–Crippen LogP) is 5.18. The van der Waals surface area contributed by atoms with Crippen molar-refractivity contribution in [1.82, 2.24) is 0 Å². The lowest BCUT2D eigenvalue weighted by molar-refractivity contribution is -0.385. The molecule has 0 radical (unpaired) electrons. The van der Waals surface area contributed by atoms with Gasteiger partial charge >= 0.3 is 0 Å². The first-order valence-electron chi connectivity index (χ1n) is 8.82. The topological polar surface area (TPSA) is 78.7 Å². The predicted molar refractivity (Wildman–Crippen MR) is 111 cm³/mol. The van der Waals surface area contributed by atoms with Crippen LogP contribution in [0.5, 0.6) is 11.5 Å². The van der Waals surface area contributed by atoms with E-state index >= 15 is 0 Å². The first-order valence-corrected chi connectivity index (χ1v) is 8.82. The lowest BCUT2D eigenvalue weighted by Gasteiger charge is -2.08. The first-order chi connectivity index (χ1) is 14.0. The molecule has 3 rings (SSSR count). The zero-order valence-corrected chi connectivity index (χ0v) is 16.0. The van der Waals surface area contributed by atoms with E-state index in [4.69, 9.17) is 9.47 Å². The van der Waals surface area contributed by atoms with Crippen molar-refractivity contribution in [2.45, 2.75) is 0 Å². The fourth-order valence-corrected chi connectivity index (χ4v) is 2.89. The van der Waals surface area contributed by atoms with E-state index in [1.165, 1.54) is 38.5 Å². The second kappa shape index (κ2) is 8.84. The van der Waals surface area contributed by atoms with Crippen LogP contribution < -0.4 is 9.47 Å². The van der Waals surface area contributed by atoms with Gasteiger partial charge in [-0.25, -0.2) is 0 Å². The van der Waals surface area contributed by atoms with Crippen molar-refractivity contribution in [2.75, 3.05) is 14.2 Å². The molecule has 0 atom stereocenters. The summed E-state index contributed by atoms with van der Waals surface area (Å²) in [6, 6.07) is 19.8. The second-order valence-corrected chi connectivity index (χ2v) is 6.16. The van der Waals surface area contributed by atoms with Crippen molar-refractivity contribution < 1.29 is 19.2 Å². The van der Waals surface area contributed by atoms with E-state index in [1.54, 1.807) is 12.1 Å². The smallest absolute Gasteiger partial charge is 0.280 e. The Balaban J connectivity index is 1.86. The Morgan fingerprint density at radius 1 is 0.897 bits per heavy atom. The molecule has 29 heavy (non-hydrogen) atoms. The van der Waals surface area contributed by atoms with E-state index < -0.39 is 4.92 Å². The monoisotopic (exact) mass is 389 g/mol. The Labute approximate surface area is 168 Å². The van der Waals surface area contributed by atoms with Crippen LogP contribution in [0.4, 0.5) is 5.69 Å². The van der Waals surface area contributed by atoms with Crippen LogP contribution in [0.1, 0.15) is 15.9 Å². The summed E-state index contributed by atoms with van der Waals surface area (Å²) in [5.74, 6) is 0.338. The van der Waals surface area contributed by atoms with E-state index in [0.717, 1.165) is 11.1 Å². The number of nitro benzene ring substituents is 1. The molecule has 146 valence electrons. The van der Waals surface area contributed by atoms with Crippen molar-refractivity contribution in [2.24, 2.45) is 0 Å². The first kappa shape index (κ1) is 19.8. The molecule has 0 spiro atoms. The molecule has 0 aliphatic carbocycles. The number of rotatable bonds is 7. The maximum Gasteiger partial charge on any atom is 0.280 e. The fraction of sp³-hybridized carbons (Fsp3) is 0.0870. The van der Waals surface area contributed by atoms with Gasteiger partial charge in [0.15, 0.2) is 17.3 Å². The number of carbonyl (C=O) groups excluding carboxylic acids is 1. The molecule has 0 aliphatic rings. The van der Waals surface area contributed by atoms with Gasteiger partial charge < -0.3 is 9.47 Å². The number of ketones is 1. The number of benzene rings is 3. The van der Waals surface area contributed by atoms with Crippen LogP contribution in [0, 0.1) is 10.1 Å². The van der Waals surface area contributed by atoms with Crippen molar-refractivity contribution in [1.29, 1.82) is 0 Å². The molecule has 0 bridgehead atoms. The highest BCUT2D eigenvalue weighted by Crippen LogP contribution is 2.35. The van der Waals surface area contributed by atoms with Crippen LogP contribution in [0.2, 0.25) is 0 Å². The SMILES string of the molecule is COc1cc(C=CC(=O)c2ccc(-c3ccccc3)cc2)c([N+](=O)[O-])cc1OC. The van der Waals surface area contributed by atoms with Crippen molar-refractivity contribution in [3.8, 4) is 22.6 Å². The second-order valence-electron chi connectivity index (χ2n) is 6.16. The molecule has 0 heterocycles. The molecular weight excluding hydrogens is 370 g/mol. The van der Waals surface area contributed by atoms with E-state index in [9.17, 15) is 14.9 Å². The summed E-state index contributed by atoms with van der Waals surface area (Å²) in [7, 11) is 2.84. The van der Waals surface area contributed by atoms with Crippen molar-refractivity contribution in [3.05, 3.63) is 94.0 Å². The Bertz CT molecular complexity index is 1060. The molecule has 0 unspecified atom stereocenters. The van der Waals surface area contributed by atoms with Gasteiger partial charge in [-0.05, 0) is 29.3 Å². The number of ether oxygens (including phenoxy) is 2. The van der Waals surface area contributed by atoms with E-state index in [1.807, 2.05) is 42.5 Å². The molecule has 0 N–H and O–H groups in total. The van der Waals surface area contributed by atoms with Gasteiger partial charge in [-0.15, -0.1) is 0 Å². The molecule has 0 saturated carbocycles. The lowest BCUT2D eigenvalue weighted by atomic mass is 10.0. The highest BCUT2D eigenvalue weighted by atomic mass is 16.6. The van der Waals surface area contributed by atoms with Gasteiger partial charge in [-0.1, -0.05) is 54.6 Å². The summed E-state index contributed by atoms with van der Waals surface area (Å²) < 4.78 is 10.3. The van der Waals surface area contributed by atoms with Gasteiger partial charge in [0.1, 0.15) is 0 Å². The fourth-order valence-electron chi connectivity index (χ4n) is 2.89. The molecule has 0 aromatic heterocycles. The summed E-state index contributed by atoms with van der Waals surface area (Å²) in [5, 5.41) is 11.4. The van der Waals surface area contributed by atoms with Gasteiger partial charge in [-0.2, -0.15) is 0 Å². The van der Waals surface area contributed by atoms with Gasteiger partial charge in [0, 0.05) is 5.56 Å². The molecule has 0 fully saturated rings. The van der Waals surface area contributed by atoms with Crippen LogP contribution in [0.15, 0.2) is 72.8 Å². The molecule has 3 aromatic rings. The van der Waals surface area contributed by atoms with E-state index in [0.29, 0.717) is 11.3 Å². The van der Waals surface area contributed by atoms with E-state index in [-0.39, 0.29) is 22.8 Å². The van der Waals surface area contributed by atoms with Crippen LogP contribution in [0.25, 0.3) is 17.2 Å². The lowest BCUT2D eigenvalue weighted by Crippen LogP contribution is -1.98. The third-order valence-corrected chi connectivity index (χ3v) is 4.42. The third kappa shape index (κ3) is 4.50. The molecule has 3 aromatic carbocycles. The van der Waals surface area contributed by atoms with Gasteiger partial charge in [-0.3, -0.25) is 14.9 Å². The van der Waals surface area contributed by atoms with Gasteiger partial charge in [0.05, 0.1) is 30.8 Å². The molecule has 0 amide bonds. The zero-order valence-electron chi connectivity index (χ0n) is 16.0. The largest absolute Gasteiger partial charge is 0.493 e. The molecule has 0 aliphatic heterocycles. The molecule has 0 saturated heterocycles. The standard InChI is InChI=1S/C23H19NO5/c1-28-22-14-19(20(24(26)27)15-23(22)29-2)12-13-21(25)18-10-8-17(9-11-18)16-6-4-3-5-7-16/h3-15H,1-2H3. The normalized spacial score (nSPS) is 10.7. The minimum absolute atomic E-state index is 0.175. The number of methoxy groups -OCH3 is 2. The molecular formula is C23H19NO5. The Hall–Kier alpha value is -3.93. The number of carbonyl (C=O) groups is 1. The highest BCUT2D eigenvalue weighted by Gasteiger charge is 2.18. The average molecular weight is 389 g/mol. The number of nitrogens with zero attached hydrogens (tertiary/aromatic N) is 1. The number of hydrogen-bond donors (Lipinski definition) is 0. The van der Waals surface area contributed by atoms with Crippen LogP contribution >= 0.6 is 0 Å². The minimum atomic E-state index is -0.527. The van der Waals surface area contributed by atoms with Crippen LogP contribution in [-0.2, 0) is 0 Å². The summed E-state index contributed by atoms with van der Waals surface area (Å²) in [6.45, 7) is 0. The number of hydrogen-bond acceptors (Lipinski definition) is 5. The van der Waals surface area contributed by atoms with E-state index in [2.05, 4.69) is 0 Å². The van der Waals surface area contributed by atoms with Gasteiger partial charge in [0.2, 0.25) is 0 Å². The van der Waals surface area contributed by atoms with Crippen molar-refractivity contribution in [3.63, 3.8) is 0 Å². The summed E-state index contributed by atoms with van der Waals surface area (Å²) in [4.78, 5) is 23.4.